The van der Waals surface area contributed by atoms with Crippen LogP contribution in [0.25, 0.3) is 0 Å². The smallest absolute Gasteiger partial charge is 0.252 e. The summed E-state index contributed by atoms with van der Waals surface area (Å²) in [5, 5.41) is 0. The summed E-state index contributed by atoms with van der Waals surface area (Å²) in [5.74, 6) is 0. The zero-order chi connectivity index (χ0) is 14.4. The van der Waals surface area contributed by atoms with Crippen molar-refractivity contribution in [3.63, 3.8) is 0 Å². The van der Waals surface area contributed by atoms with Crippen molar-refractivity contribution < 1.29 is 16.8 Å². The molecule has 0 aliphatic carbocycles. The van der Waals surface area contributed by atoms with Crippen molar-refractivity contribution in [1.82, 2.24) is 0 Å². The van der Waals surface area contributed by atoms with Gasteiger partial charge in [-0.15, -0.1) is 0 Å². The first-order valence-corrected chi connectivity index (χ1v) is 8.90. The van der Waals surface area contributed by atoms with Crippen LogP contribution < -0.4 is 0 Å². The van der Waals surface area contributed by atoms with Crippen LogP contribution in [0.1, 0.15) is 77.6 Å². The summed E-state index contributed by atoms with van der Waals surface area (Å²) in [6.07, 6.45) is 13.6. The van der Waals surface area contributed by atoms with Crippen molar-refractivity contribution in [2.24, 2.45) is 0 Å². The van der Waals surface area contributed by atoms with E-state index in [9.17, 15) is 8.42 Å². The second-order valence-corrected chi connectivity index (χ2v) is 6.32. The fraction of sp³-hybridized carbons (Fsp3) is 1.00. The molecule has 116 valence electrons. The molecule has 0 spiro atoms. The number of unbranched alkanes of at least 4 members (excludes halogenated alkanes) is 10. The molecule has 0 heterocycles. The molecule has 0 amide bonds. The molecule has 0 unspecified atom stereocenters. The maximum atomic E-state index is 10.8. The molecule has 0 saturated heterocycles. The lowest BCUT2D eigenvalue weighted by atomic mass is 10.1. The van der Waals surface area contributed by atoms with Gasteiger partial charge in [0.2, 0.25) is 0 Å². The fourth-order valence-corrected chi connectivity index (χ4v) is 2.39. The summed E-state index contributed by atoms with van der Waals surface area (Å²) in [6, 6.07) is 0. The molecule has 0 aliphatic rings. The van der Waals surface area contributed by atoms with E-state index < -0.39 is 10.4 Å². The third-order valence-electron chi connectivity index (χ3n) is 3.18. The molecule has 0 aromatic heterocycles. The Morgan fingerprint density at radius 1 is 0.737 bits per heavy atom. The molecule has 0 bridgehead atoms. The van der Waals surface area contributed by atoms with E-state index in [0.717, 1.165) is 26.4 Å². The van der Waals surface area contributed by atoms with E-state index in [-0.39, 0.29) is 6.61 Å². The topological polar surface area (TPSA) is 52.6 Å². The highest BCUT2D eigenvalue weighted by molar-refractivity contribution is 7.81. The molecule has 0 radical (unpaired) electrons. The van der Waals surface area contributed by atoms with Crippen LogP contribution in [0, 0.1) is 0 Å². The Bertz CT molecular complexity index is 275. The molecule has 0 N–H and O–H groups in total. The number of rotatable bonds is 14. The molecular formula is C14H30O4S. The summed E-state index contributed by atoms with van der Waals surface area (Å²) in [4.78, 5) is 0. The van der Waals surface area contributed by atoms with Gasteiger partial charge in [0.1, 0.15) is 0 Å². The van der Waals surface area contributed by atoms with E-state index in [2.05, 4.69) is 15.3 Å². The van der Waals surface area contributed by atoms with Crippen LogP contribution in [0.4, 0.5) is 0 Å². The highest BCUT2D eigenvalue weighted by Gasteiger charge is 2.07. The van der Waals surface area contributed by atoms with Crippen molar-refractivity contribution in [1.29, 1.82) is 0 Å². The summed E-state index contributed by atoms with van der Waals surface area (Å²) in [6.45, 7) is 2.47. The second kappa shape index (κ2) is 12.9. The van der Waals surface area contributed by atoms with Crippen molar-refractivity contribution in [3.8, 4) is 0 Å². The second-order valence-electron chi connectivity index (χ2n) is 4.93. The lowest BCUT2D eigenvalue weighted by Crippen LogP contribution is -2.08. The van der Waals surface area contributed by atoms with Crippen LogP contribution in [0.2, 0.25) is 0 Å². The van der Waals surface area contributed by atoms with Gasteiger partial charge < -0.3 is 0 Å². The van der Waals surface area contributed by atoms with Crippen LogP contribution >= 0.6 is 0 Å². The van der Waals surface area contributed by atoms with Crippen molar-refractivity contribution in [2.45, 2.75) is 77.6 Å². The van der Waals surface area contributed by atoms with Crippen LogP contribution in [-0.4, -0.2) is 22.1 Å². The van der Waals surface area contributed by atoms with Gasteiger partial charge >= 0.3 is 10.4 Å². The summed E-state index contributed by atoms with van der Waals surface area (Å²) < 4.78 is 30.5. The van der Waals surface area contributed by atoms with E-state index in [4.69, 9.17) is 0 Å². The molecule has 4 nitrogen and oxygen atoms in total. The minimum Gasteiger partial charge on any atom is -0.252 e. The van der Waals surface area contributed by atoms with Crippen LogP contribution in [-0.2, 0) is 18.8 Å². The molecular weight excluding hydrogens is 264 g/mol. The number of hydrogen-bond acceptors (Lipinski definition) is 4. The summed E-state index contributed by atoms with van der Waals surface area (Å²) in [5.41, 5.74) is 0. The Kier molecular flexibility index (Phi) is 12.8. The van der Waals surface area contributed by atoms with Crippen LogP contribution in [0.5, 0.6) is 0 Å². The Hall–Kier alpha value is -0.130. The Labute approximate surface area is 119 Å². The van der Waals surface area contributed by atoms with Gasteiger partial charge in [-0.05, 0) is 6.42 Å². The predicted molar refractivity (Wildman–Crippen MR) is 78.3 cm³/mol. The lowest BCUT2D eigenvalue weighted by molar-refractivity contribution is 0.238. The van der Waals surface area contributed by atoms with Crippen LogP contribution in [0.15, 0.2) is 0 Å². The largest absolute Gasteiger partial charge is 0.399 e. The van der Waals surface area contributed by atoms with Gasteiger partial charge in [-0.1, -0.05) is 71.1 Å². The standard InChI is InChI=1S/C14H30O4S/c1-3-4-5-6-7-8-9-10-11-12-13-14-18-19(15,16)17-2/h3-14H2,1-2H3. The highest BCUT2D eigenvalue weighted by Crippen LogP contribution is 2.11. The van der Waals surface area contributed by atoms with Gasteiger partial charge in [0.15, 0.2) is 0 Å². The van der Waals surface area contributed by atoms with E-state index in [1.54, 1.807) is 0 Å². The SMILES string of the molecule is CCCCCCCCCCCCCOS(=O)(=O)OC. The third kappa shape index (κ3) is 14.1. The minimum absolute atomic E-state index is 0.229. The molecule has 0 rings (SSSR count). The normalized spacial score (nSPS) is 11.9. The molecule has 0 atom stereocenters. The zero-order valence-electron chi connectivity index (χ0n) is 12.5. The molecule has 0 aromatic rings. The van der Waals surface area contributed by atoms with Gasteiger partial charge in [-0.2, -0.15) is 8.42 Å². The predicted octanol–water partition coefficient (Wildman–Crippen LogP) is 4.21. The maximum Gasteiger partial charge on any atom is 0.399 e. The first-order valence-electron chi connectivity index (χ1n) is 7.57. The van der Waals surface area contributed by atoms with Crippen molar-refractivity contribution in [2.75, 3.05) is 13.7 Å². The maximum absolute atomic E-state index is 10.8. The quantitative estimate of drug-likeness (QED) is 0.450. The van der Waals surface area contributed by atoms with Gasteiger partial charge in [-0.25, -0.2) is 4.18 Å². The Morgan fingerprint density at radius 2 is 1.16 bits per heavy atom. The Morgan fingerprint density at radius 3 is 1.58 bits per heavy atom. The first kappa shape index (κ1) is 18.9. The molecule has 0 aromatic carbocycles. The average Bonchev–Trinajstić information content (AvgIpc) is 2.40. The van der Waals surface area contributed by atoms with E-state index in [1.165, 1.54) is 51.4 Å². The summed E-state index contributed by atoms with van der Waals surface area (Å²) >= 11 is 0. The third-order valence-corrected chi connectivity index (χ3v) is 4.04. The first-order chi connectivity index (χ1) is 9.12. The van der Waals surface area contributed by atoms with E-state index in [0.29, 0.717) is 0 Å². The van der Waals surface area contributed by atoms with Gasteiger partial charge in [0.05, 0.1) is 13.7 Å². The van der Waals surface area contributed by atoms with E-state index in [1.807, 2.05) is 0 Å². The lowest BCUT2D eigenvalue weighted by Gasteiger charge is -2.03. The summed E-state index contributed by atoms with van der Waals surface area (Å²) in [7, 11) is -2.63. The van der Waals surface area contributed by atoms with Gasteiger partial charge in [-0.3, -0.25) is 4.18 Å². The molecule has 0 fully saturated rings. The van der Waals surface area contributed by atoms with Crippen molar-refractivity contribution >= 4 is 10.4 Å². The molecule has 19 heavy (non-hydrogen) atoms. The average molecular weight is 294 g/mol. The zero-order valence-corrected chi connectivity index (χ0v) is 13.3. The van der Waals surface area contributed by atoms with Gasteiger partial charge in [0.25, 0.3) is 0 Å². The fourth-order valence-electron chi connectivity index (χ4n) is 1.98. The van der Waals surface area contributed by atoms with Crippen molar-refractivity contribution in [3.05, 3.63) is 0 Å². The molecule has 0 saturated carbocycles. The molecule has 0 aliphatic heterocycles. The van der Waals surface area contributed by atoms with Gasteiger partial charge in [0, 0.05) is 0 Å². The van der Waals surface area contributed by atoms with E-state index >= 15 is 0 Å². The van der Waals surface area contributed by atoms with Crippen LogP contribution in [0.3, 0.4) is 0 Å². The molecule has 5 heteroatoms. The monoisotopic (exact) mass is 294 g/mol. The highest BCUT2D eigenvalue weighted by atomic mass is 32.3. The number of hydrogen-bond donors (Lipinski definition) is 0. The minimum atomic E-state index is -3.73. The Balaban J connectivity index is 3.11.